The van der Waals surface area contributed by atoms with E-state index in [4.69, 9.17) is 23.2 Å². The summed E-state index contributed by atoms with van der Waals surface area (Å²) in [7, 11) is 0. The number of hydrogen-bond acceptors (Lipinski definition) is 3. The Bertz CT molecular complexity index is 1100. The number of hydrogen-bond donors (Lipinski definition) is 1. The van der Waals surface area contributed by atoms with Crippen LogP contribution in [0.2, 0.25) is 10.0 Å². The number of pyridine rings is 1. The van der Waals surface area contributed by atoms with Crippen molar-refractivity contribution in [3.63, 3.8) is 0 Å². The van der Waals surface area contributed by atoms with Crippen LogP contribution in [0.15, 0.2) is 46.2 Å². The summed E-state index contributed by atoms with van der Waals surface area (Å²) in [5.74, 6) is -0.207. The molecule has 0 saturated heterocycles. The van der Waals surface area contributed by atoms with Gasteiger partial charge in [-0.15, -0.1) is 0 Å². The largest absolute Gasteiger partial charge is 0.503 e. The molecule has 2 aromatic heterocycles. The lowest BCUT2D eigenvalue weighted by Crippen LogP contribution is -2.26. The second-order valence-corrected chi connectivity index (χ2v) is 7.46. The lowest BCUT2D eigenvalue weighted by atomic mass is 10.1. The molecule has 3 rings (SSSR count). The summed E-state index contributed by atoms with van der Waals surface area (Å²) in [6.07, 6.45) is 3.96. The molecular formula is C19H18Cl2N2O3. The van der Waals surface area contributed by atoms with Crippen LogP contribution < -0.4 is 11.0 Å². The van der Waals surface area contributed by atoms with Gasteiger partial charge in [-0.1, -0.05) is 43.1 Å². The molecule has 7 heteroatoms. The van der Waals surface area contributed by atoms with Crippen LogP contribution >= 0.6 is 23.2 Å². The van der Waals surface area contributed by atoms with Crippen molar-refractivity contribution in [1.82, 2.24) is 8.97 Å². The molecule has 0 fully saturated rings. The van der Waals surface area contributed by atoms with Gasteiger partial charge in [0.1, 0.15) is 0 Å². The lowest BCUT2D eigenvalue weighted by molar-refractivity contribution is 0.471. The minimum Gasteiger partial charge on any atom is -0.503 e. The molecular weight excluding hydrogens is 375 g/mol. The Kier molecular flexibility index (Phi) is 5.12. The molecule has 2 heterocycles. The Balaban J connectivity index is 2.23. The average molecular weight is 393 g/mol. The quantitative estimate of drug-likeness (QED) is 0.735. The van der Waals surface area contributed by atoms with E-state index in [-0.39, 0.29) is 12.1 Å². The van der Waals surface area contributed by atoms with E-state index < -0.39 is 16.7 Å². The number of benzene rings is 1. The molecule has 0 bridgehead atoms. The zero-order valence-corrected chi connectivity index (χ0v) is 15.9. The summed E-state index contributed by atoms with van der Waals surface area (Å²) < 4.78 is 3.07. The minimum absolute atomic E-state index is 0.0179. The van der Waals surface area contributed by atoms with Crippen LogP contribution in [0.25, 0.3) is 5.52 Å². The van der Waals surface area contributed by atoms with Crippen molar-refractivity contribution >= 4 is 28.7 Å². The van der Waals surface area contributed by atoms with Crippen LogP contribution in [-0.2, 0) is 13.0 Å². The van der Waals surface area contributed by atoms with Crippen molar-refractivity contribution in [2.75, 3.05) is 0 Å². The summed E-state index contributed by atoms with van der Waals surface area (Å²) in [6.45, 7) is 4.37. The molecule has 1 N–H and O–H groups in total. The number of fused-ring (bicyclic) bond motifs is 1. The van der Waals surface area contributed by atoms with E-state index in [1.807, 2.05) is 0 Å². The third-order valence-electron chi connectivity index (χ3n) is 4.11. The summed E-state index contributed by atoms with van der Waals surface area (Å²) in [6, 6.07) is 6.40. The molecule has 3 aromatic rings. The van der Waals surface area contributed by atoms with E-state index in [0.717, 1.165) is 11.3 Å². The first kappa shape index (κ1) is 18.5. The van der Waals surface area contributed by atoms with E-state index in [1.165, 1.54) is 16.8 Å². The topological polar surface area (TPSA) is 63.7 Å². The third-order valence-corrected chi connectivity index (χ3v) is 4.84. The van der Waals surface area contributed by atoms with Crippen LogP contribution in [0, 0.1) is 5.92 Å². The maximum Gasteiger partial charge on any atom is 0.279 e. The number of halogens is 2. The van der Waals surface area contributed by atoms with Crippen LogP contribution in [0.4, 0.5) is 0 Å². The van der Waals surface area contributed by atoms with Gasteiger partial charge in [0.25, 0.3) is 5.56 Å². The van der Waals surface area contributed by atoms with Gasteiger partial charge in [0, 0.05) is 24.2 Å². The lowest BCUT2D eigenvalue weighted by Gasteiger charge is -2.16. The third kappa shape index (κ3) is 3.50. The molecule has 0 atom stereocenters. The van der Waals surface area contributed by atoms with E-state index in [9.17, 15) is 14.7 Å². The normalized spacial score (nSPS) is 11.4. The molecule has 0 aliphatic carbocycles. The average Bonchev–Trinajstić information content (AvgIpc) is 2.57. The first-order valence-corrected chi connectivity index (χ1v) is 8.94. The molecule has 0 unspecified atom stereocenters. The highest BCUT2D eigenvalue weighted by Gasteiger charge is 2.15. The zero-order chi connectivity index (χ0) is 19.0. The monoisotopic (exact) mass is 392 g/mol. The molecule has 0 aliphatic rings. The minimum atomic E-state index is -0.579. The van der Waals surface area contributed by atoms with Gasteiger partial charge < -0.3 is 14.1 Å². The highest BCUT2D eigenvalue weighted by molar-refractivity contribution is 6.42. The van der Waals surface area contributed by atoms with E-state index in [2.05, 4.69) is 13.8 Å². The SMILES string of the molecule is CC(C)Cc1cn(Cc2ccc(Cl)c(Cl)c2)c(=O)c2c(O)c(=O)ccn12. The number of nitrogens with zero attached hydrogens (tertiary/aromatic N) is 2. The van der Waals surface area contributed by atoms with Crippen LogP contribution in [0.3, 0.4) is 0 Å². The van der Waals surface area contributed by atoms with Gasteiger partial charge >= 0.3 is 0 Å². The Hall–Kier alpha value is -2.24. The molecule has 0 radical (unpaired) electrons. The molecule has 1 aromatic carbocycles. The second-order valence-electron chi connectivity index (χ2n) is 6.65. The molecule has 26 heavy (non-hydrogen) atoms. The van der Waals surface area contributed by atoms with Crippen LogP contribution in [0.5, 0.6) is 5.75 Å². The molecule has 0 saturated carbocycles. The van der Waals surface area contributed by atoms with Gasteiger partial charge in [0.2, 0.25) is 5.43 Å². The smallest absolute Gasteiger partial charge is 0.279 e. The second kappa shape index (κ2) is 7.17. The van der Waals surface area contributed by atoms with Crippen molar-refractivity contribution in [1.29, 1.82) is 0 Å². The van der Waals surface area contributed by atoms with Gasteiger partial charge in [-0.2, -0.15) is 0 Å². The summed E-state index contributed by atoms with van der Waals surface area (Å²) in [4.78, 5) is 24.7. The first-order chi connectivity index (χ1) is 12.3. The summed E-state index contributed by atoms with van der Waals surface area (Å²) in [5, 5.41) is 11.0. The van der Waals surface area contributed by atoms with Gasteiger partial charge in [0.05, 0.1) is 16.6 Å². The van der Waals surface area contributed by atoms with Gasteiger partial charge in [-0.3, -0.25) is 9.59 Å². The molecule has 136 valence electrons. The Morgan fingerprint density at radius 1 is 1.12 bits per heavy atom. The van der Waals surface area contributed by atoms with Crippen molar-refractivity contribution in [3.8, 4) is 5.75 Å². The summed E-state index contributed by atoms with van der Waals surface area (Å²) >= 11 is 12.0. The van der Waals surface area contributed by atoms with Crippen LogP contribution in [-0.4, -0.2) is 14.1 Å². The van der Waals surface area contributed by atoms with Gasteiger partial charge in [0.15, 0.2) is 11.3 Å². The fourth-order valence-electron chi connectivity index (χ4n) is 2.93. The maximum absolute atomic E-state index is 12.9. The maximum atomic E-state index is 12.9. The van der Waals surface area contributed by atoms with Crippen molar-refractivity contribution in [2.45, 2.75) is 26.8 Å². The van der Waals surface area contributed by atoms with Gasteiger partial charge in [-0.25, -0.2) is 0 Å². The number of aromatic nitrogens is 2. The molecule has 5 nitrogen and oxygen atoms in total. The number of rotatable bonds is 4. The Morgan fingerprint density at radius 2 is 1.85 bits per heavy atom. The van der Waals surface area contributed by atoms with E-state index >= 15 is 0 Å². The fourth-order valence-corrected chi connectivity index (χ4v) is 3.25. The predicted octanol–water partition coefficient (Wildman–Crippen LogP) is 3.72. The fraction of sp³-hybridized carbons (Fsp3) is 0.263. The Labute approximate surface area is 160 Å². The number of aromatic hydroxyl groups is 1. The molecule has 0 aliphatic heterocycles. The van der Waals surface area contributed by atoms with Crippen molar-refractivity contribution in [3.05, 3.63) is 78.5 Å². The summed E-state index contributed by atoms with van der Waals surface area (Å²) in [5.41, 5.74) is 0.573. The highest BCUT2D eigenvalue weighted by Crippen LogP contribution is 2.23. The standard InChI is InChI=1S/C19H18Cl2N2O3/c1-11(2)7-13-10-22(9-12-3-4-14(20)15(21)8-12)19(26)17-18(25)16(24)5-6-23(13)17/h3-6,8,10-11,25H,7,9H2,1-2H3. The predicted molar refractivity (Wildman–Crippen MR) is 104 cm³/mol. The highest BCUT2D eigenvalue weighted by atomic mass is 35.5. The Morgan fingerprint density at radius 3 is 2.50 bits per heavy atom. The van der Waals surface area contributed by atoms with Gasteiger partial charge in [-0.05, 0) is 30.0 Å². The molecule has 0 spiro atoms. The van der Waals surface area contributed by atoms with Crippen molar-refractivity contribution in [2.24, 2.45) is 5.92 Å². The van der Waals surface area contributed by atoms with Crippen molar-refractivity contribution < 1.29 is 5.11 Å². The molecule has 0 amide bonds. The van der Waals surface area contributed by atoms with E-state index in [0.29, 0.717) is 22.4 Å². The van der Waals surface area contributed by atoms with E-state index in [1.54, 1.807) is 28.8 Å². The first-order valence-electron chi connectivity index (χ1n) is 8.18. The zero-order valence-electron chi connectivity index (χ0n) is 14.4. The van der Waals surface area contributed by atoms with Crippen LogP contribution in [0.1, 0.15) is 25.1 Å².